The van der Waals surface area contributed by atoms with Gasteiger partial charge in [0.25, 0.3) is 5.56 Å². The summed E-state index contributed by atoms with van der Waals surface area (Å²) in [4.78, 5) is 40.3. The first-order valence-corrected chi connectivity index (χ1v) is 7.47. The van der Waals surface area contributed by atoms with Crippen LogP contribution in [0, 0.1) is 5.82 Å². The first-order valence-electron chi connectivity index (χ1n) is 7.47. The van der Waals surface area contributed by atoms with E-state index in [1.165, 1.54) is 55.2 Å². The van der Waals surface area contributed by atoms with Crippen LogP contribution in [0.25, 0.3) is 11.0 Å². The SMILES string of the molecule is Cn1c(=O)c2cc(NC(=O)Cc3ccc(F)cc3)cnc2n(C)c1=O. The molecule has 7 nitrogen and oxygen atoms in total. The second kappa shape index (κ2) is 6.31. The standard InChI is InChI=1S/C17H15FN4O3/c1-21-15-13(16(24)22(2)17(21)25)8-12(9-19-15)20-14(23)7-10-3-5-11(18)6-4-10/h3-6,8-9H,7H2,1-2H3,(H,20,23). The van der Waals surface area contributed by atoms with Crippen LogP contribution < -0.4 is 16.6 Å². The van der Waals surface area contributed by atoms with Crippen molar-refractivity contribution in [2.24, 2.45) is 14.1 Å². The van der Waals surface area contributed by atoms with E-state index in [-0.39, 0.29) is 29.2 Å². The molecule has 0 spiro atoms. The number of amides is 1. The highest BCUT2D eigenvalue weighted by molar-refractivity contribution is 5.93. The van der Waals surface area contributed by atoms with E-state index in [0.29, 0.717) is 11.3 Å². The monoisotopic (exact) mass is 342 g/mol. The number of anilines is 1. The Kier molecular flexibility index (Phi) is 4.18. The van der Waals surface area contributed by atoms with Crippen molar-refractivity contribution in [3.05, 3.63) is 68.7 Å². The normalized spacial score (nSPS) is 10.8. The predicted molar refractivity (Wildman–Crippen MR) is 91.0 cm³/mol. The van der Waals surface area contributed by atoms with E-state index in [9.17, 15) is 18.8 Å². The first kappa shape index (κ1) is 16.6. The number of halogens is 1. The minimum atomic E-state index is -0.486. The van der Waals surface area contributed by atoms with Gasteiger partial charge in [-0.3, -0.25) is 18.7 Å². The smallest absolute Gasteiger partial charge is 0.324 e. The third-order valence-electron chi connectivity index (χ3n) is 3.85. The highest BCUT2D eigenvalue weighted by atomic mass is 19.1. The Hall–Kier alpha value is -3.29. The molecule has 25 heavy (non-hydrogen) atoms. The minimum Gasteiger partial charge on any atom is -0.324 e. The summed E-state index contributed by atoms with van der Waals surface area (Å²) in [6, 6.07) is 7.10. The average molecular weight is 342 g/mol. The molecule has 0 saturated heterocycles. The Labute approximate surface area is 141 Å². The van der Waals surface area contributed by atoms with Gasteiger partial charge in [-0.15, -0.1) is 0 Å². The number of benzene rings is 1. The fourth-order valence-corrected chi connectivity index (χ4v) is 2.53. The van der Waals surface area contributed by atoms with Gasteiger partial charge < -0.3 is 5.32 Å². The summed E-state index contributed by atoms with van der Waals surface area (Å²) in [5, 5.41) is 2.87. The molecule has 1 N–H and O–H groups in total. The molecule has 0 saturated carbocycles. The van der Waals surface area contributed by atoms with Gasteiger partial charge in [0, 0.05) is 14.1 Å². The number of nitrogens with zero attached hydrogens (tertiary/aromatic N) is 3. The molecule has 3 aromatic rings. The van der Waals surface area contributed by atoms with Crippen LogP contribution in [-0.4, -0.2) is 20.0 Å². The number of carbonyl (C=O) groups is 1. The summed E-state index contributed by atoms with van der Waals surface area (Å²) in [6.07, 6.45) is 1.44. The third kappa shape index (κ3) is 3.18. The van der Waals surface area contributed by atoms with Crippen molar-refractivity contribution in [1.29, 1.82) is 0 Å². The molecular formula is C17H15FN4O3. The van der Waals surface area contributed by atoms with Crippen molar-refractivity contribution in [2.45, 2.75) is 6.42 Å². The van der Waals surface area contributed by atoms with Gasteiger partial charge in [-0.2, -0.15) is 0 Å². The maximum atomic E-state index is 12.9. The lowest BCUT2D eigenvalue weighted by Gasteiger charge is -2.09. The van der Waals surface area contributed by atoms with Crippen molar-refractivity contribution in [1.82, 2.24) is 14.1 Å². The number of aromatic nitrogens is 3. The topological polar surface area (TPSA) is 86.0 Å². The van der Waals surface area contributed by atoms with Crippen molar-refractivity contribution >= 4 is 22.6 Å². The van der Waals surface area contributed by atoms with Gasteiger partial charge in [-0.25, -0.2) is 14.2 Å². The maximum absolute atomic E-state index is 12.9. The summed E-state index contributed by atoms with van der Waals surface area (Å²) in [5.41, 5.74) is 0.282. The molecule has 0 aliphatic carbocycles. The molecule has 2 aromatic heterocycles. The zero-order valence-corrected chi connectivity index (χ0v) is 13.6. The fourth-order valence-electron chi connectivity index (χ4n) is 2.53. The number of nitrogens with one attached hydrogen (secondary N) is 1. The molecule has 0 aliphatic heterocycles. The Morgan fingerprint density at radius 1 is 1.16 bits per heavy atom. The number of hydrogen-bond acceptors (Lipinski definition) is 4. The van der Waals surface area contributed by atoms with E-state index < -0.39 is 11.2 Å². The van der Waals surface area contributed by atoms with Gasteiger partial charge in [-0.1, -0.05) is 12.1 Å². The third-order valence-corrected chi connectivity index (χ3v) is 3.85. The summed E-state index contributed by atoms with van der Waals surface area (Å²) < 4.78 is 15.1. The molecule has 1 aromatic carbocycles. The number of carbonyl (C=O) groups excluding carboxylic acids is 1. The molecule has 0 unspecified atom stereocenters. The molecule has 8 heteroatoms. The lowest BCUT2D eigenvalue weighted by Crippen LogP contribution is -2.37. The summed E-state index contributed by atoms with van der Waals surface area (Å²) in [7, 11) is 2.90. The van der Waals surface area contributed by atoms with Gasteiger partial charge >= 0.3 is 5.69 Å². The Balaban J connectivity index is 1.89. The van der Waals surface area contributed by atoms with Gasteiger partial charge in [-0.05, 0) is 23.8 Å². The quantitative estimate of drug-likeness (QED) is 0.768. The van der Waals surface area contributed by atoms with Gasteiger partial charge in [0.05, 0.1) is 23.7 Å². The van der Waals surface area contributed by atoms with Gasteiger partial charge in [0.1, 0.15) is 11.5 Å². The number of aryl methyl sites for hydroxylation is 1. The molecule has 3 rings (SSSR count). The molecule has 2 heterocycles. The molecule has 0 radical (unpaired) electrons. The van der Waals surface area contributed by atoms with Crippen LogP contribution in [0.3, 0.4) is 0 Å². The zero-order valence-electron chi connectivity index (χ0n) is 13.6. The Morgan fingerprint density at radius 3 is 2.52 bits per heavy atom. The molecular weight excluding hydrogens is 327 g/mol. The summed E-state index contributed by atoms with van der Waals surface area (Å²) >= 11 is 0. The Morgan fingerprint density at radius 2 is 1.84 bits per heavy atom. The van der Waals surface area contributed by atoms with E-state index >= 15 is 0 Å². The van der Waals surface area contributed by atoms with Crippen molar-refractivity contribution < 1.29 is 9.18 Å². The lowest BCUT2D eigenvalue weighted by molar-refractivity contribution is -0.115. The molecule has 0 bridgehead atoms. The van der Waals surface area contributed by atoms with Crippen LogP contribution in [0.2, 0.25) is 0 Å². The van der Waals surface area contributed by atoms with Crippen LogP contribution in [0.4, 0.5) is 10.1 Å². The van der Waals surface area contributed by atoms with E-state index in [4.69, 9.17) is 0 Å². The number of pyridine rings is 1. The maximum Gasteiger partial charge on any atom is 0.332 e. The highest BCUT2D eigenvalue weighted by Crippen LogP contribution is 2.12. The van der Waals surface area contributed by atoms with Crippen LogP contribution in [0.1, 0.15) is 5.56 Å². The highest BCUT2D eigenvalue weighted by Gasteiger charge is 2.11. The largest absolute Gasteiger partial charge is 0.332 e. The summed E-state index contributed by atoms with van der Waals surface area (Å²) in [6.45, 7) is 0. The average Bonchev–Trinajstić information content (AvgIpc) is 2.60. The zero-order chi connectivity index (χ0) is 18.1. The number of fused-ring (bicyclic) bond motifs is 1. The van der Waals surface area contributed by atoms with E-state index in [1.54, 1.807) is 0 Å². The molecule has 1 amide bonds. The predicted octanol–water partition coefficient (Wildman–Crippen LogP) is 0.952. The molecule has 0 aliphatic rings. The summed E-state index contributed by atoms with van der Waals surface area (Å²) in [5.74, 6) is -0.696. The van der Waals surface area contributed by atoms with Crippen molar-refractivity contribution in [3.8, 4) is 0 Å². The first-order chi connectivity index (χ1) is 11.9. The second-order valence-corrected chi connectivity index (χ2v) is 5.65. The van der Waals surface area contributed by atoms with Gasteiger partial charge in [0.15, 0.2) is 0 Å². The van der Waals surface area contributed by atoms with Crippen LogP contribution >= 0.6 is 0 Å². The lowest BCUT2D eigenvalue weighted by atomic mass is 10.1. The van der Waals surface area contributed by atoms with Crippen molar-refractivity contribution in [3.63, 3.8) is 0 Å². The fraction of sp³-hybridized carbons (Fsp3) is 0.176. The van der Waals surface area contributed by atoms with Gasteiger partial charge in [0.2, 0.25) is 5.91 Å². The molecule has 0 fully saturated rings. The second-order valence-electron chi connectivity index (χ2n) is 5.65. The van der Waals surface area contributed by atoms with Crippen LogP contribution in [0.5, 0.6) is 0 Å². The molecule has 128 valence electrons. The van der Waals surface area contributed by atoms with Crippen LogP contribution in [0.15, 0.2) is 46.1 Å². The van der Waals surface area contributed by atoms with E-state index in [2.05, 4.69) is 10.3 Å². The Bertz CT molecular complexity index is 1080. The van der Waals surface area contributed by atoms with E-state index in [1.807, 2.05) is 0 Å². The van der Waals surface area contributed by atoms with Crippen molar-refractivity contribution in [2.75, 3.05) is 5.32 Å². The van der Waals surface area contributed by atoms with Crippen LogP contribution in [-0.2, 0) is 25.3 Å². The number of hydrogen-bond donors (Lipinski definition) is 1. The minimum absolute atomic E-state index is 0.0591. The van der Waals surface area contributed by atoms with E-state index in [0.717, 1.165) is 4.57 Å². The number of rotatable bonds is 3. The molecule has 0 atom stereocenters.